The maximum atomic E-state index is 12.1. The predicted octanol–water partition coefficient (Wildman–Crippen LogP) is 3.46. The molecule has 2 N–H and O–H groups in total. The molecule has 0 saturated carbocycles. The summed E-state index contributed by atoms with van der Waals surface area (Å²) < 4.78 is 5.31. The average Bonchev–Trinajstić information content (AvgIpc) is 2.81. The molecule has 0 aromatic carbocycles. The minimum atomic E-state index is -0.971. The first-order valence-corrected chi connectivity index (χ1v) is 8.57. The zero-order valence-corrected chi connectivity index (χ0v) is 13.9. The van der Waals surface area contributed by atoms with Crippen molar-refractivity contribution in [1.82, 2.24) is 0 Å². The van der Waals surface area contributed by atoms with Crippen molar-refractivity contribution in [2.45, 2.75) is 46.0 Å². The molecule has 0 unspecified atom stereocenters. The minimum Gasteiger partial charge on any atom is -0.478 e. The molecule has 1 aliphatic rings. The summed E-state index contributed by atoms with van der Waals surface area (Å²) >= 11 is 1.35. The Kier molecular flexibility index (Phi) is 5.97. The molecule has 0 radical (unpaired) electrons. The number of hydrogen-bond acceptors (Lipinski definition) is 4. The normalized spacial score (nSPS) is 15.7. The van der Waals surface area contributed by atoms with Crippen LogP contribution in [0.15, 0.2) is 0 Å². The van der Waals surface area contributed by atoms with Crippen molar-refractivity contribution in [1.29, 1.82) is 0 Å². The van der Waals surface area contributed by atoms with Crippen molar-refractivity contribution < 1.29 is 19.4 Å². The highest BCUT2D eigenvalue weighted by atomic mass is 32.1. The highest BCUT2D eigenvalue weighted by Crippen LogP contribution is 2.33. The molecule has 0 spiro atoms. The number of hydrogen-bond donors (Lipinski definition) is 2. The first kappa shape index (κ1) is 17.0. The van der Waals surface area contributed by atoms with Gasteiger partial charge in [0.25, 0.3) is 0 Å². The van der Waals surface area contributed by atoms with Gasteiger partial charge in [0, 0.05) is 24.5 Å². The topological polar surface area (TPSA) is 75.6 Å². The predicted molar refractivity (Wildman–Crippen MR) is 86.8 cm³/mol. The molecule has 0 bridgehead atoms. The van der Waals surface area contributed by atoms with Crippen molar-refractivity contribution in [3.05, 3.63) is 16.0 Å². The molecule has 22 heavy (non-hydrogen) atoms. The molecule has 1 aromatic rings. The summed E-state index contributed by atoms with van der Waals surface area (Å²) in [6.45, 7) is 5.38. The Hall–Kier alpha value is -1.40. The number of ether oxygens (including phenoxy) is 1. The third-order valence-corrected chi connectivity index (χ3v) is 5.21. The van der Waals surface area contributed by atoms with Gasteiger partial charge in [-0.25, -0.2) is 4.79 Å². The molecule has 1 aromatic heterocycles. The number of carboxylic acids is 1. The van der Waals surface area contributed by atoms with Crippen LogP contribution in [0.3, 0.4) is 0 Å². The van der Waals surface area contributed by atoms with Crippen molar-refractivity contribution in [3.63, 3.8) is 0 Å². The zero-order chi connectivity index (χ0) is 16.1. The van der Waals surface area contributed by atoms with Gasteiger partial charge in [0.2, 0.25) is 5.91 Å². The zero-order valence-electron chi connectivity index (χ0n) is 13.1. The second-order valence-corrected chi connectivity index (χ2v) is 6.87. The fourth-order valence-corrected chi connectivity index (χ4v) is 4.03. The number of anilines is 1. The largest absolute Gasteiger partial charge is 0.478 e. The fourth-order valence-electron chi connectivity index (χ4n) is 2.88. The molecule has 0 atom stereocenters. The van der Waals surface area contributed by atoms with E-state index in [2.05, 4.69) is 5.32 Å². The lowest BCUT2D eigenvalue weighted by Crippen LogP contribution is -2.19. The van der Waals surface area contributed by atoms with Gasteiger partial charge in [-0.1, -0.05) is 6.92 Å². The third kappa shape index (κ3) is 4.08. The van der Waals surface area contributed by atoms with Crippen LogP contribution >= 0.6 is 11.3 Å². The summed E-state index contributed by atoms with van der Waals surface area (Å²) in [6, 6.07) is 0. The number of carbonyl (C=O) groups excluding carboxylic acids is 1. The van der Waals surface area contributed by atoms with Gasteiger partial charge in [-0.3, -0.25) is 4.79 Å². The summed E-state index contributed by atoms with van der Waals surface area (Å²) in [5.41, 5.74) is 1.07. The molecule has 2 rings (SSSR count). The molecule has 6 heteroatoms. The van der Waals surface area contributed by atoms with Crippen molar-refractivity contribution in [3.8, 4) is 0 Å². The monoisotopic (exact) mass is 325 g/mol. The first-order valence-electron chi connectivity index (χ1n) is 7.76. The van der Waals surface area contributed by atoms with E-state index in [0.29, 0.717) is 23.8 Å². The van der Waals surface area contributed by atoms with Crippen molar-refractivity contribution in [2.24, 2.45) is 5.92 Å². The number of aromatic carboxylic acids is 1. The lowest BCUT2D eigenvalue weighted by Gasteiger charge is -2.21. The summed E-state index contributed by atoms with van der Waals surface area (Å²) in [5, 5.41) is 12.6. The van der Waals surface area contributed by atoms with Crippen LogP contribution < -0.4 is 5.32 Å². The third-order valence-electron chi connectivity index (χ3n) is 4.15. The van der Waals surface area contributed by atoms with Crippen LogP contribution in [0.2, 0.25) is 0 Å². The highest BCUT2D eigenvalue weighted by Gasteiger charge is 2.22. The Morgan fingerprint density at radius 2 is 2.05 bits per heavy atom. The molecule has 122 valence electrons. The van der Waals surface area contributed by atoms with E-state index in [4.69, 9.17) is 4.74 Å². The van der Waals surface area contributed by atoms with E-state index in [1.807, 2.05) is 13.8 Å². The Morgan fingerprint density at radius 1 is 1.36 bits per heavy atom. The molecule has 2 heterocycles. The van der Waals surface area contributed by atoms with E-state index >= 15 is 0 Å². The highest BCUT2D eigenvalue weighted by molar-refractivity contribution is 7.16. The van der Waals surface area contributed by atoms with E-state index in [9.17, 15) is 14.7 Å². The van der Waals surface area contributed by atoms with E-state index in [1.54, 1.807) is 0 Å². The standard InChI is InChI=1S/C16H23NO4S/c1-3-12-10(2)22-15(14(12)16(19)20)17-13(18)5-4-11-6-8-21-9-7-11/h11H,3-9H2,1-2H3,(H,17,18)(H,19,20). The van der Waals surface area contributed by atoms with E-state index in [0.717, 1.165) is 42.9 Å². The Morgan fingerprint density at radius 3 is 2.64 bits per heavy atom. The van der Waals surface area contributed by atoms with Crippen LogP contribution in [0.5, 0.6) is 0 Å². The van der Waals surface area contributed by atoms with Gasteiger partial charge in [-0.15, -0.1) is 11.3 Å². The van der Waals surface area contributed by atoms with Crippen LogP contribution in [0.1, 0.15) is 53.4 Å². The quantitative estimate of drug-likeness (QED) is 0.840. The number of rotatable bonds is 6. The van der Waals surface area contributed by atoms with E-state index < -0.39 is 5.97 Å². The van der Waals surface area contributed by atoms with Crippen molar-refractivity contribution >= 4 is 28.2 Å². The van der Waals surface area contributed by atoms with Gasteiger partial charge in [0.1, 0.15) is 5.00 Å². The van der Waals surface area contributed by atoms with Crippen LogP contribution in [-0.2, 0) is 16.0 Å². The first-order chi connectivity index (χ1) is 10.5. The molecule has 1 aliphatic heterocycles. The van der Waals surface area contributed by atoms with Crippen LogP contribution in [0.4, 0.5) is 5.00 Å². The van der Waals surface area contributed by atoms with Crippen molar-refractivity contribution in [2.75, 3.05) is 18.5 Å². The Balaban J connectivity index is 1.97. The molecule has 1 fully saturated rings. The maximum absolute atomic E-state index is 12.1. The molecule has 0 aliphatic carbocycles. The number of carboxylic acid groups (broad SMARTS) is 1. The van der Waals surface area contributed by atoms with Gasteiger partial charge in [-0.2, -0.15) is 0 Å². The number of thiophene rings is 1. The van der Waals surface area contributed by atoms with Gasteiger partial charge in [-0.05, 0) is 44.1 Å². The number of carbonyl (C=O) groups is 2. The van der Waals surface area contributed by atoms with Gasteiger partial charge in [0.15, 0.2) is 0 Å². The number of amides is 1. The lowest BCUT2D eigenvalue weighted by atomic mass is 9.95. The number of aryl methyl sites for hydroxylation is 1. The van der Waals surface area contributed by atoms with Crippen LogP contribution in [0, 0.1) is 12.8 Å². The Bertz CT molecular complexity index is 547. The molecule has 1 amide bonds. The SMILES string of the molecule is CCc1c(C)sc(NC(=O)CCC2CCOCC2)c1C(=O)O. The van der Waals surface area contributed by atoms with Crippen LogP contribution in [-0.4, -0.2) is 30.2 Å². The van der Waals surface area contributed by atoms with E-state index in [1.165, 1.54) is 11.3 Å². The maximum Gasteiger partial charge on any atom is 0.339 e. The second-order valence-electron chi connectivity index (χ2n) is 5.64. The van der Waals surface area contributed by atoms with Crippen LogP contribution in [0.25, 0.3) is 0 Å². The van der Waals surface area contributed by atoms with E-state index in [-0.39, 0.29) is 11.5 Å². The van der Waals surface area contributed by atoms with Gasteiger partial charge >= 0.3 is 5.97 Å². The lowest BCUT2D eigenvalue weighted by molar-refractivity contribution is -0.116. The number of nitrogens with one attached hydrogen (secondary N) is 1. The minimum absolute atomic E-state index is 0.0992. The van der Waals surface area contributed by atoms with Gasteiger partial charge in [0.05, 0.1) is 5.56 Å². The smallest absolute Gasteiger partial charge is 0.339 e. The summed E-state index contributed by atoms with van der Waals surface area (Å²) in [4.78, 5) is 24.5. The molecule has 5 nitrogen and oxygen atoms in total. The summed E-state index contributed by atoms with van der Waals surface area (Å²) in [5.74, 6) is -0.534. The molecular weight excluding hydrogens is 302 g/mol. The Labute approximate surface area is 134 Å². The summed E-state index contributed by atoms with van der Waals surface area (Å²) in [7, 11) is 0. The van der Waals surface area contributed by atoms with Gasteiger partial charge < -0.3 is 15.2 Å². The average molecular weight is 325 g/mol. The molecule has 1 saturated heterocycles. The second kappa shape index (κ2) is 7.74. The fraction of sp³-hybridized carbons (Fsp3) is 0.625. The summed E-state index contributed by atoms with van der Waals surface area (Å²) in [6.07, 6.45) is 3.93. The molecular formula is C16H23NO4S.